The van der Waals surface area contributed by atoms with Crippen molar-refractivity contribution in [1.29, 1.82) is 0 Å². The summed E-state index contributed by atoms with van der Waals surface area (Å²) in [5, 5.41) is 6.91. The zero-order valence-corrected chi connectivity index (χ0v) is 18.7. The molecule has 2 N–H and O–H groups in total. The zero-order chi connectivity index (χ0) is 21.7. The van der Waals surface area contributed by atoms with Crippen molar-refractivity contribution in [3.05, 3.63) is 29.8 Å². The van der Waals surface area contributed by atoms with Gasteiger partial charge < -0.3 is 20.4 Å². The average Bonchev–Trinajstić information content (AvgIpc) is 3.16. The van der Waals surface area contributed by atoms with E-state index in [0.717, 1.165) is 45.1 Å². The summed E-state index contributed by atoms with van der Waals surface area (Å²) in [6.45, 7) is 10.9. The fourth-order valence-electron chi connectivity index (χ4n) is 4.40. The number of piperazine rings is 1. The van der Waals surface area contributed by atoms with Gasteiger partial charge in [0.05, 0.1) is 0 Å². The molecule has 30 heavy (non-hydrogen) atoms. The molecule has 2 aliphatic rings. The molecule has 8 heteroatoms. The van der Waals surface area contributed by atoms with Gasteiger partial charge >= 0.3 is 0 Å². The van der Waals surface area contributed by atoms with Crippen LogP contribution in [-0.4, -0.2) is 87.8 Å². The van der Waals surface area contributed by atoms with Gasteiger partial charge in [-0.15, -0.1) is 0 Å². The second-order valence-corrected chi connectivity index (χ2v) is 8.75. The maximum Gasteiger partial charge on any atom is 0.191 e. The lowest BCUT2D eigenvalue weighted by atomic mass is 10.0. The zero-order valence-electron chi connectivity index (χ0n) is 18.7. The number of benzene rings is 1. The molecule has 3 rings (SSSR count). The summed E-state index contributed by atoms with van der Waals surface area (Å²) in [5.41, 5.74) is 0.0692. The Kier molecular flexibility index (Phi) is 7.88. The van der Waals surface area contributed by atoms with Gasteiger partial charge in [0, 0.05) is 64.9 Å². The van der Waals surface area contributed by atoms with Crippen LogP contribution < -0.4 is 15.5 Å². The number of halogens is 2. The first-order valence-corrected chi connectivity index (χ1v) is 11.0. The molecule has 2 atom stereocenters. The van der Waals surface area contributed by atoms with Crippen molar-refractivity contribution in [3.63, 3.8) is 0 Å². The molecule has 2 heterocycles. The van der Waals surface area contributed by atoms with Crippen LogP contribution in [0.15, 0.2) is 23.2 Å². The lowest BCUT2D eigenvalue weighted by Crippen LogP contribution is -2.55. The normalized spacial score (nSPS) is 22.6. The quantitative estimate of drug-likeness (QED) is 0.542. The second kappa shape index (κ2) is 10.4. The number of nitrogens with zero attached hydrogens (tertiary/aromatic N) is 4. The van der Waals surface area contributed by atoms with Crippen molar-refractivity contribution in [1.82, 2.24) is 20.4 Å². The van der Waals surface area contributed by atoms with Crippen LogP contribution in [0.3, 0.4) is 0 Å². The molecule has 0 spiro atoms. The summed E-state index contributed by atoms with van der Waals surface area (Å²) in [7, 11) is 3.93. The predicted molar refractivity (Wildman–Crippen MR) is 119 cm³/mol. The largest absolute Gasteiger partial charge is 0.365 e. The topological polar surface area (TPSA) is 46.1 Å². The fraction of sp³-hybridized carbons (Fsp3) is 0.682. The molecule has 0 amide bonds. The Morgan fingerprint density at radius 2 is 1.80 bits per heavy atom. The van der Waals surface area contributed by atoms with E-state index in [0.29, 0.717) is 25.0 Å². The molecule has 2 fully saturated rings. The third-order valence-electron chi connectivity index (χ3n) is 6.26. The molecule has 0 aromatic heterocycles. The first-order valence-electron chi connectivity index (χ1n) is 11.0. The highest BCUT2D eigenvalue weighted by molar-refractivity contribution is 5.80. The Morgan fingerprint density at radius 1 is 1.13 bits per heavy atom. The minimum absolute atomic E-state index is 0.0692. The van der Waals surface area contributed by atoms with E-state index in [-0.39, 0.29) is 11.7 Å². The highest BCUT2D eigenvalue weighted by atomic mass is 19.1. The maximum atomic E-state index is 14.1. The summed E-state index contributed by atoms with van der Waals surface area (Å²) in [4.78, 5) is 11.1. The molecular formula is C22H36F2N6. The van der Waals surface area contributed by atoms with E-state index >= 15 is 0 Å². The monoisotopic (exact) mass is 422 g/mol. The minimum Gasteiger partial charge on any atom is -0.365 e. The Bertz CT molecular complexity index is 697. The van der Waals surface area contributed by atoms with E-state index in [1.54, 1.807) is 11.9 Å². The standard InChI is InChI=1S/C22H36F2N6/c1-16(2)20(29-12-10-28(4)11-13-29)14-26-22(25-3)27-17-8-9-30(15-17)21-18(23)6-5-7-19(21)24/h5-7,16-17,20H,8-15H2,1-4H3,(H2,25,26,27). The van der Waals surface area contributed by atoms with Gasteiger partial charge in [-0.05, 0) is 31.5 Å². The van der Waals surface area contributed by atoms with E-state index in [4.69, 9.17) is 0 Å². The van der Waals surface area contributed by atoms with E-state index in [2.05, 4.69) is 46.3 Å². The average molecular weight is 423 g/mol. The minimum atomic E-state index is -0.509. The molecule has 168 valence electrons. The van der Waals surface area contributed by atoms with Gasteiger partial charge in [-0.3, -0.25) is 9.89 Å². The summed E-state index contributed by atoms with van der Waals surface area (Å²) in [6.07, 6.45) is 0.806. The molecule has 2 aliphatic heterocycles. The number of aliphatic imine (C=N–C) groups is 1. The SMILES string of the molecule is CN=C(NCC(C(C)C)N1CCN(C)CC1)NC1CCN(c2c(F)cccc2F)C1. The Balaban J connectivity index is 1.53. The molecule has 0 radical (unpaired) electrons. The fourth-order valence-corrected chi connectivity index (χ4v) is 4.40. The van der Waals surface area contributed by atoms with Crippen LogP contribution in [0.25, 0.3) is 0 Å². The smallest absolute Gasteiger partial charge is 0.191 e. The van der Waals surface area contributed by atoms with Gasteiger partial charge in [0.25, 0.3) is 0 Å². The third-order valence-corrected chi connectivity index (χ3v) is 6.26. The molecule has 0 saturated carbocycles. The van der Waals surface area contributed by atoms with Crippen molar-refractivity contribution in [2.75, 3.05) is 64.8 Å². The first-order chi connectivity index (χ1) is 14.4. The molecule has 0 aliphatic carbocycles. The van der Waals surface area contributed by atoms with Crippen LogP contribution in [-0.2, 0) is 0 Å². The van der Waals surface area contributed by atoms with Gasteiger partial charge in [0.1, 0.15) is 17.3 Å². The van der Waals surface area contributed by atoms with E-state index in [1.807, 2.05) is 0 Å². The van der Waals surface area contributed by atoms with Crippen molar-refractivity contribution in [3.8, 4) is 0 Å². The van der Waals surface area contributed by atoms with Crippen LogP contribution in [0, 0.1) is 17.6 Å². The number of anilines is 1. The van der Waals surface area contributed by atoms with Crippen molar-refractivity contribution >= 4 is 11.6 Å². The van der Waals surface area contributed by atoms with Gasteiger partial charge in [-0.2, -0.15) is 0 Å². The van der Waals surface area contributed by atoms with Crippen molar-refractivity contribution in [2.24, 2.45) is 10.9 Å². The van der Waals surface area contributed by atoms with Gasteiger partial charge in [0.15, 0.2) is 5.96 Å². The van der Waals surface area contributed by atoms with Crippen LogP contribution in [0.1, 0.15) is 20.3 Å². The number of rotatable bonds is 6. The van der Waals surface area contributed by atoms with Crippen LogP contribution in [0.5, 0.6) is 0 Å². The summed E-state index contributed by atoms with van der Waals surface area (Å²) in [5.74, 6) is 0.260. The second-order valence-electron chi connectivity index (χ2n) is 8.75. The van der Waals surface area contributed by atoms with E-state index in [1.165, 1.54) is 18.2 Å². The van der Waals surface area contributed by atoms with Crippen molar-refractivity contribution in [2.45, 2.75) is 32.4 Å². The lowest BCUT2D eigenvalue weighted by Gasteiger charge is -2.40. The molecule has 2 unspecified atom stereocenters. The Hall–Kier alpha value is -1.93. The number of nitrogens with one attached hydrogen (secondary N) is 2. The summed E-state index contributed by atoms with van der Waals surface area (Å²) in [6, 6.07) is 4.55. The molecule has 1 aromatic carbocycles. The Morgan fingerprint density at radius 3 is 2.40 bits per heavy atom. The Labute approximate surface area is 179 Å². The number of para-hydroxylation sites is 1. The molecule has 2 saturated heterocycles. The number of hydrogen-bond acceptors (Lipinski definition) is 4. The van der Waals surface area contributed by atoms with E-state index in [9.17, 15) is 8.78 Å². The van der Waals surface area contributed by atoms with Gasteiger partial charge in [-0.25, -0.2) is 8.78 Å². The number of guanidine groups is 1. The van der Waals surface area contributed by atoms with Crippen LogP contribution in [0.4, 0.5) is 14.5 Å². The third kappa shape index (κ3) is 5.60. The molecule has 0 bridgehead atoms. The van der Waals surface area contributed by atoms with Crippen LogP contribution in [0.2, 0.25) is 0 Å². The molecule has 1 aromatic rings. The number of hydrogen-bond donors (Lipinski definition) is 2. The van der Waals surface area contributed by atoms with Gasteiger partial charge in [0.2, 0.25) is 0 Å². The summed E-state index contributed by atoms with van der Waals surface area (Å²) < 4.78 is 28.2. The predicted octanol–water partition coefficient (Wildman–Crippen LogP) is 1.98. The lowest BCUT2D eigenvalue weighted by molar-refractivity contribution is 0.0900. The highest BCUT2D eigenvalue weighted by Gasteiger charge is 2.28. The molecular weight excluding hydrogens is 386 g/mol. The maximum absolute atomic E-state index is 14.1. The number of likely N-dealkylation sites (N-methyl/N-ethyl adjacent to an activating group) is 1. The summed E-state index contributed by atoms with van der Waals surface area (Å²) >= 11 is 0. The van der Waals surface area contributed by atoms with Gasteiger partial charge in [-0.1, -0.05) is 19.9 Å². The molecule has 6 nitrogen and oxygen atoms in total. The first kappa shape index (κ1) is 22.7. The van der Waals surface area contributed by atoms with Crippen molar-refractivity contribution < 1.29 is 8.78 Å². The highest BCUT2D eigenvalue weighted by Crippen LogP contribution is 2.26. The van der Waals surface area contributed by atoms with E-state index < -0.39 is 11.6 Å². The van der Waals surface area contributed by atoms with Crippen LogP contribution >= 0.6 is 0 Å².